The molecule has 1 aromatic heterocycles. The molecule has 1 aromatic carbocycles. The van der Waals surface area contributed by atoms with Crippen LogP contribution >= 0.6 is 0 Å². The molecule has 0 radical (unpaired) electrons. The first kappa shape index (κ1) is 13.1. The summed E-state index contributed by atoms with van der Waals surface area (Å²) in [5.41, 5.74) is 8.65. The molecule has 5 nitrogen and oxygen atoms in total. The number of nitrogens with zero attached hydrogens (tertiary/aromatic N) is 3. The van der Waals surface area contributed by atoms with E-state index in [1.54, 1.807) is 0 Å². The van der Waals surface area contributed by atoms with Crippen molar-refractivity contribution in [3.05, 3.63) is 41.5 Å². The number of para-hydroxylation sites is 1. The van der Waals surface area contributed by atoms with Crippen molar-refractivity contribution in [1.29, 1.82) is 0 Å². The summed E-state index contributed by atoms with van der Waals surface area (Å²) in [7, 11) is 0. The van der Waals surface area contributed by atoms with Crippen molar-refractivity contribution in [2.45, 2.75) is 38.8 Å². The van der Waals surface area contributed by atoms with E-state index in [0.717, 1.165) is 18.8 Å². The summed E-state index contributed by atoms with van der Waals surface area (Å²) in [6.07, 6.45) is 0.924. The molecular formula is C15H20N4O. The number of hydrogen-bond acceptors (Lipinski definition) is 5. The molecule has 1 aliphatic rings. The summed E-state index contributed by atoms with van der Waals surface area (Å²) in [5.74, 6) is 1.69. The van der Waals surface area contributed by atoms with Crippen LogP contribution in [0, 0.1) is 0 Å². The van der Waals surface area contributed by atoms with E-state index in [-0.39, 0.29) is 12.0 Å². The number of fused-ring (bicyclic) bond motifs is 1. The minimum Gasteiger partial charge on any atom is -0.360 e. The maximum Gasteiger partial charge on any atom is 0.246 e. The van der Waals surface area contributed by atoms with Gasteiger partial charge in [-0.2, -0.15) is 4.98 Å². The molecule has 2 N–H and O–H groups in total. The number of rotatable bonds is 3. The first-order chi connectivity index (χ1) is 9.63. The molecule has 2 heterocycles. The predicted molar refractivity (Wildman–Crippen MR) is 77.6 cm³/mol. The Balaban J connectivity index is 1.83. The predicted octanol–water partition coefficient (Wildman–Crippen LogP) is 2.08. The number of nitrogens with two attached hydrogens (primary N) is 1. The van der Waals surface area contributed by atoms with E-state index in [0.29, 0.717) is 12.4 Å². The van der Waals surface area contributed by atoms with Crippen LogP contribution in [-0.4, -0.2) is 22.7 Å². The molecule has 0 spiro atoms. The Labute approximate surface area is 118 Å². The standard InChI is InChI=1S/C15H20N4O/c1-10(2)15-17-14(20-18-15)9-19-8-12(16)7-11-5-3-4-6-13(11)19/h3-6,10,12H,7-9,16H2,1-2H3. The molecule has 1 unspecified atom stereocenters. The Hall–Kier alpha value is -1.88. The zero-order valence-corrected chi connectivity index (χ0v) is 11.9. The second-order valence-electron chi connectivity index (χ2n) is 5.67. The van der Waals surface area contributed by atoms with Crippen molar-refractivity contribution >= 4 is 5.69 Å². The van der Waals surface area contributed by atoms with E-state index >= 15 is 0 Å². The molecule has 20 heavy (non-hydrogen) atoms. The van der Waals surface area contributed by atoms with Gasteiger partial charge in [-0.15, -0.1) is 0 Å². The molecule has 1 atom stereocenters. The van der Waals surface area contributed by atoms with E-state index in [2.05, 4.69) is 53.2 Å². The van der Waals surface area contributed by atoms with Crippen LogP contribution < -0.4 is 10.6 Å². The summed E-state index contributed by atoms with van der Waals surface area (Å²) < 4.78 is 5.34. The number of hydrogen-bond donors (Lipinski definition) is 1. The first-order valence-corrected chi connectivity index (χ1v) is 7.04. The lowest BCUT2D eigenvalue weighted by molar-refractivity contribution is 0.367. The van der Waals surface area contributed by atoms with Crippen molar-refractivity contribution < 1.29 is 4.52 Å². The van der Waals surface area contributed by atoms with Gasteiger partial charge in [0.05, 0.1) is 6.54 Å². The van der Waals surface area contributed by atoms with Crippen molar-refractivity contribution in [3.63, 3.8) is 0 Å². The highest BCUT2D eigenvalue weighted by Crippen LogP contribution is 2.27. The Kier molecular flexibility index (Phi) is 3.44. The smallest absolute Gasteiger partial charge is 0.246 e. The van der Waals surface area contributed by atoms with Gasteiger partial charge in [-0.3, -0.25) is 0 Å². The van der Waals surface area contributed by atoms with Gasteiger partial charge in [-0.1, -0.05) is 37.2 Å². The van der Waals surface area contributed by atoms with Gasteiger partial charge >= 0.3 is 0 Å². The molecule has 0 saturated heterocycles. The molecule has 0 saturated carbocycles. The Morgan fingerprint density at radius 1 is 1.40 bits per heavy atom. The molecular weight excluding hydrogens is 252 g/mol. The highest BCUT2D eigenvalue weighted by Gasteiger charge is 2.23. The van der Waals surface area contributed by atoms with E-state index in [4.69, 9.17) is 10.3 Å². The molecule has 0 fully saturated rings. The van der Waals surface area contributed by atoms with Crippen molar-refractivity contribution in [2.24, 2.45) is 5.73 Å². The van der Waals surface area contributed by atoms with Crippen LogP contribution in [0.5, 0.6) is 0 Å². The molecule has 3 rings (SSSR count). The number of anilines is 1. The van der Waals surface area contributed by atoms with Crippen LogP contribution in [0.25, 0.3) is 0 Å². The van der Waals surface area contributed by atoms with Gasteiger partial charge in [0.1, 0.15) is 0 Å². The van der Waals surface area contributed by atoms with Crippen LogP contribution in [0.2, 0.25) is 0 Å². The summed E-state index contributed by atoms with van der Waals surface area (Å²) in [6.45, 7) is 5.54. The Bertz CT molecular complexity index is 593. The second kappa shape index (κ2) is 5.25. The Morgan fingerprint density at radius 3 is 2.95 bits per heavy atom. The minimum atomic E-state index is 0.150. The zero-order chi connectivity index (χ0) is 14.1. The topological polar surface area (TPSA) is 68.2 Å². The third-order valence-corrected chi connectivity index (χ3v) is 3.60. The summed E-state index contributed by atoms with van der Waals surface area (Å²) in [6, 6.07) is 8.52. The van der Waals surface area contributed by atoms with Crippen LogP contribution in [0.4, 0.5) is 5.69 Å². The molecule has 1 aliphatic heterocycles. The summed E-state index contributed by atoms with van der Waals surface area (Å²) >= 11 is 0. The molecule has 0 bridgehead atoms. The van der Waals surface area contributed by atoms with Gasteiger partial charge < -0.3 is 15.2 Å². The van der Waals surface area contributed by atoms with E-state index in [1.165, 1.54) is 11.3 Å². The lowest BCUT2D eigenvalue weighted by Crippen LogP contribution is -2.42. The summed E-state index contributed by atoms with van der Waals surface area (Å²) in [4.78, 5) is 6.66. The van der Waals surface area contributed by atoms with E-state index in [1.807, 2.05) is 0 Å². The van der Waals surface area contributed by atoms with Gasteiger partial charge in [0.2, 0.25) is 5.89 Å². The van der Waals surface area contributed by atoms with Crippen molar-refractivity contribution in [1.82, 2.24) is 10.1 Å². The van der Waals surface area contributed by atoms with Crippen LogP contribution in [0.3, 0.4) is 0 Å². The quantitative estimate of drug-likeness (QED) is 0.926. The fourth-order valence-corrected chi connectivity index (χ4v) is 2.60. The average molecular weight is 272 g/mol. The maximum absolute atomic E-state index is 6.14. The number of aromatic nitrogens is 2. The minimum absolute atomic E-state index is 0.150. The normalized spacial score (nSPS) is 18.4. The molecule has 106 valence electrons. The molecule has 2 aromatic rings. The third-order valence-electron chi connectivity index (χ3n) is 3.60. The van der Waals surface area contributed by atoms with Gasteiger partial charge in [0.15, 0.2) is 5.82 Å². The van der Waals surface area contributed by atoms with Crippen molar-refractivity contribution in [3.8, 4) is 0 Å². The highest BCUT2D eigenvalue weighted by atomic mass is 16.5. The van der Waals surface area contributed by atoms with Gasteiger partial charge in [0, 0.05) is 24.2 Å². The zero-order valence-electron chi connectivity index (χ0n) is 11.9. The van der Waals surface area contributed by atoms with Crippen LogP contribution in [0.1, 0.15) is 37.0 Å². The summed E-state index contributed by atoms with van der Waals surface area (Å²) in [5, 5.41) is 4.01. The lowest BCUT2D eigenvalue weighted by atomic mass is 9.98. The van der Waals surface area contributed by atoms with E-state index in [9.17, 15) is 0 Å². The maximum atomic E-state index is 6.14. The van der Waals surface area contributed by atoms with Gasteiger partial charge in [-0.25, -0.2) is 0 Å². The SMILES string of the molecule is CC(C)c1noc(CN2CC(N)Cc3ccccc32)n1. The highest BCUT2D eigenvalue weighted by molar-refractivity contribution is 5.56. The monoisotopic (exact) mass is 272 g/mol. The van der Waals surface area contributed by atoms with Gasteiger partial charge in [0.25, 0.3) is 0 Å². The third kappa shape index (κ3) is 2.54. The molecule has 0 aliphatic carbocycles. The van der Waals surface area contributed by atoms with Crippen LogP contribution in [-0.2, 0) is 13.0 Å². The lowest BCUT2D eigenvalue weighted by Gasteiger charge is -2.33. The Morgan fingerprint density at radius 2 is 2.20 bits per heavy atom. The largest absolute Gasteiger partial charge is 0.360 e. The first-order valence-electron chi connectivity index (χ1n) is 7.04. The molecule has 5 heteroatoms. The second-order valence-corrected chi connectivity index (χ2v) is 5.67. The number of benzene rings is 1. The van der Waals surface area contributed by atoms with E-state index < -0.39 is 0 Å². The average Bonchev–Trinajstić information content (AvgIpc) is 2.87. The van der Waals surface area contributed by atoms with Crippen molar-refractivity contribution in [2.75, 3.05) is 11.4 Å². The van der Waals surface area contributed by atoms with Gasteiger partial charge in [-0.05, 0) is 18.1 Å². The fourth-order valence-electron chi connectivity index (χ4n) is 2.60. The fraction of sp³-hybridized carbons (Fsp3) is 0.467. The van der Waals surface area contributed by atoms with Crippen LogP contribution in [0.15, 0.2) is 28.8 Å². The molecule has 0 amide bonds.